The molecule has 0 saturated heterocycles. The molecule has 2 N–H and O–H groups in total. The maximum atomic E-state index is 12.0. The third-order valence-electron chi connectivity index (χ3n) is 4.25. The van der Waals surface area contributed by atoms with Gasteiger partial charge in [0.05, 0.1) is 19.2 Å². The molecule has 3 rings (SSSR count). The lowest BCUT2D eigenvalue weighted by Gasteiger charge is -2.12. The second kappa shape index (κ2) is 11.0. The van der Waals surface area contributed by atoms with Gasteiger partial charge in [-0.1, -0.05) is 35.9 Å². The first-order chi connectivity index (χ1) is 15.0. The van der Waals surface area contributed by atoms with E-state index < -0.39 is 0 Å². The van der Waals surface area contributed by atoms with E-state index in [2.05, 4.69) is 10.5 Å². The molecular formula is C24H23ClN2O4. The van der Waals surface area contributed by atoms with Crippen LogP contribution in [-0.2, 0) is 17.8 Å². The summed E-state index contributed by atoms with van der Waals surface area (Å²) in [6.45, 7) is 2.74. The molecule has 0 fully saturated rings. The number of nitrogens with zero attached hydrogens (tertiary/aromatic N) is 1. The van der Waals surface area contributed by atoms with E-state index in [1.54, 1.807) is 24.3 Å². The lowest BCUT2D eigenvalue weighted by Crippen LogP contribution is -2.19. The minimum absolute atomic E-state index is 0.160. The van der Waals surface area contributed by atoms with Gasteiger partial charge in [-0.15, -0.1) is 0 Å². The number of phenolic OH excluding ortho intramolecular Hbond substituents is 1. The Labute approximate surface area is 186 Å². The Morgan fingerprint density at radius 2 is 1.84 bits per heavy atom. The van der Waals surface area contributed by atoms with Crippen LogP contribution in [0.1, 0.15) is 23.6 Å². The van der Waals surface area contributed by atoms with Crippen molar-refractivity contribution in [3.63, 3.8) is 0 Å². The molecule has 31 heavy (non-hydrogen) atoms. The fourth-order valence-electron chi connectivity index (χ4n) is 2.80. The summed E-state index contributed by atoms with van der Waals surface area (Å²) >= 11 is 6.02. The van der Waals surface area contributed by atoms with Crippen molar-refractivity contribution in [3.8, 4) is 17.2 Å². The molecule has 0 saturated carbocycles. The SMILES string of the molecule is CCOc1cc(/C=N\NC(=O)Cc2ccc(O)cc2)ccc1OCc1cccc(Cl)c1. The number of amides is 1. The standard InChI is InChI=1S/C24H23ClN2O4/c1-2-30-23-13-18(8-11-22(23)31-16-19-4-3-5-20(25)12-19)15-26-27-24(29)14-17-6-9-21(28)10-7-17/h3-13,15,28H,2,14,16H2,1H3,(H,27,29)/b26-15-. The van der Waals surface area contributed by atoms with E-state index in [4.69, 9.17) is 21.1 Å². The molecule has 0 spiro atoms. The lowest BCUT2D eigenvalue weighted by molar-refractivity contribution is -0.120. The number of hydrogen-bond donors (Lipinski definition) is 2. The molecule has 1 amide bonds. The summed E-state index contributed by atoms with van der Waals surface area (Å²) in [4.78, 5) is 12.0. The van der Waals surface area contributed by atoms with Crippen LogP contribution < -0.4 is 14.9 Å². The molecule has 0 radical (unpaired) electrons. The average Bonchev–Trinajstić information content (AvgIpc) is 2.75. The quantitative estimate of drug-likeness (QED) is 0.374. The van der Waals surface area contributed by atoms with Gasteiger partial charge in [0.25, 0.3) is 0 Å². The molecule has 7 heteroatoms. The molecule has 0 heterocycles. The van der Waals surface area contributed by atoms with Crippen LogP contribution in [0.3, 0.4) is 0 Å². The zero-order valence-electron chi connectivity index (χ0n) is 17.0. The highest BCUT2D eigenvalue weighted by Crippen LogP contribution is 2.29. The summed E-state index contributed by atoms with van der Waals surface area (Å²) < 4.78 is 11.6. The van der Waals surface area contributed by atoms with E-state index >= 15 is 0 Å². The molecule has 0 bridgehead atoms. The largest absolute Gasteiger partial charge is 0.508 e. The Bertz CT molecular complexity index is 1050. The van der Waals surface area contributed by atoms with Crippen LogP contribution in [-0.4, -0.2) is 23.8 Å². The van der Waals surface area contributed by atoms with Crippen molar-refractivity contribution in [1.82, 2.24) is 5.43 Å². The van der Waals surface area contributed by atoms with Crippen molar-refractivity contribution in [3.05, 3.63) is 88.4 Å². The van der Waals surface area contributed by atoms with E-state index in [1.165, 1.54) is 18.3 Å². The molecule has 0 unspecified atom stereocenters. The van der Waals surface area contributed by atoms with Crippen molar-refractivity contribution < 1.29 is 19.4 Å². The highest BCUT2D eigenvalue weighted by atomic mass is 35.5. The zero-order valence-corrected chi connectivity index (χ0v) is 17.8. The predicted octanol–water partition coefficient (Wildman–Crippen LogP) is 4.72. The van der Waals surface area contributed by atoms with Crippen LogP contribution in [0.2, 0.25) is 5.02 Å². The van der Waals surface area contributed by atoms with Gasteiger partial charge >= 0.3 is 0 Å². The minimum Gasteiger partial charge on any atom is -0.508 e. The molecule has 0 aliphatic carbocycles. The van der Waals surface area contributed by atoms with E-state index in [9.17, 15) is 9.90 Å². The molecule has 0 atom stereocenters. The minimum atomic E-state index is -0.256. The fourth-order valence-corrected chi connectivity index (χ4v) is 3.01. The highest BCUT2D eigenvalue weighted by Gasteiger charge is 2.07. The Kier molecular flexibility index (Phi) is 7.90. The molecule has 160 valence electrons. The Hall–Kier alpha value is -3.51. The number of rotatable bonds is 9. The number of halogens is 1. The van der Waals surface area contributed by atoms with Crippen LogP contribution in [0.5, 0.6) is 17.2 Å². The number of benzene rings is 3. The van der Waals surface area contributed by atoms with Gasteiger partial charge in [-0.05, 0) is 66.1 Å². The monoisotopic (exact) mass is 438 g/mol. The summed E-state index contributed by atoms with van der Waals surface area (Å²) in [7, 11) is 0. The maximum absolute atomic E-state index is 12.0. The zero-order chi connectivity index (χ0) is 22.1. The number of aromatic hydroxyl groups is 1. The average molecular weight is 439 g/mol. The summed E-state index contributed by atoms with van der Waals surface area (Å²) in [5.41, 5.74) is 4.99. The fraction of sp³-hybridized carbons (Fsp3) is 0.167. The molecule has 0 aliphatic rings. The van der Waals surface area contributed by atoms with Gasteiger partial charge in [-0.2, -0.15) is 5.10 Å². The van der Waals surface area contributed by atoms with Crippen molar-refractivity contribution >= 4 is 23.7 Å². The maximum Gasteiger partial charge on any atom is 0.244 e. The molecule has 6 nitrogen and oxygen atoms in total. The number of carbonyl (C=O) groups is 1. The normalized spacial score (nSPS) is 10.8. The van der Waals surface area contributed by atoms with Crippen LogP contribution in [0, 0.1) is 0 Å². The first-order valence-electron chi connectivity index (χ1n) is 9.77. The number of ether oxygens (including phenoxy) is 2. The van der Waals surface area contributed by atoms with Crippen LogP contribution in [0.4, 0.5) is 0 Å². The summed E-state index contributed by atoms with van der Waals surface area (Å²) in [5.74, 6) is 1.10. The lowest BCUT2D eigenvalue weighted by atomic mass is 10.1. The highest BCUT2D eigenvalue weighted by molar-refractivity contribution is 6.30. The van der Waals surface area contributed by atoms with Gasteiger partial charge in [0.15, 0.2) is 11.5 Å². The molecule has 0 aromatic heterocycles. The molecular weight excluding hydrogens is 416 g/mol. The van der Waals surface area contributed by atoms with Crippen molar-refractivity contribution in [1.29, 1.82) is 0 Å². The number of hydrazone groups is 1. The first-order valence-corrected chi connectivity index (χ1v) is 10.1. The third kappa shape index (κ3) is 7.04. The van der Waals surface area contributed by atoms with Gasteiger partial charge in [-0.3, -0.25) is 4.79 Å². The number of carbonyl (C=O) groups excluding carboxylic acids is 1. The Morgan fingerprint density at radius 1 is 1.03 bits per heavy atom. The summed E-state index contributed by atoms with van der Waals surface area (Å²) in [6.07, 6.45) is 1.70. The van der Waals surface area contributed by atoms with Crippen molar-refractivity contribution in [2.75, 3.05) is 6.61 Å². The first kappa shape index (κ1) is 22.2. The smallest absolute Gasteiger partial charge is 0.244 e. The van der Waals surface area contributed by atoms with E-state index in [1.807, 2.05) is 37.3 Å². The van der Waals surface area contributed by atoms with Crippen LogP contribution >= 0.6 is 11.6 Å². The molecule has 3 aromatic rings. The van der Waals surface area contributed by atoms with E-state index in [0.717, 1.165) is 16.7 Å². The van der Waals surface area contributed by atoms with Crippen LogP contribution in [0.25, 0.3) is 0 Å². The molecule has 3 aromatic carbocycles. The summed E-state index contributed by atoms with van der Waals surface area (Å²) in [6, 6.07) is 19.4. The van der Waals surface area contributed by atoms with Crippen molar-refractivity contribution in [2.24, 2.45) is 5.10 Å². The van der Waals surface area contributed by atoms with E-state index in [0.29, 0.717) is 29.7 Å². The van der Waals surface area contributed by atoms with Gasteiger partial charge in [-0.25, -0.2) is 5.43 Å². The second-order valence-corrected chi connectivity index (χ2v) is 7.13. The van der Waals surface area contributed by atoms with Crippen molar-refractivity contribution in [2.45, 2.75) is 20.0 Å². The third-order valence-corrected chi connectivity index (χ3v) is 4.49. The van der Waals surface area contributed by atoms with Gasteiger partial charge in [0, 0.05) is 5.02 Å². The van der Waals surface area contributed by atoms with Gasteiger partial charge < -0.3 is 14.6 Å². The van der Waals surface area contributed by atoms with Gasteiger partial charge in [0.1, 0.15) is 12.4 Å². The van der Waals surface area contributed by atoms with Crippen LogP contribution in [0.15, 0.2) is 71.8 Å². The molecule has 0 aliphatic heterocycles. The Morgan fingerprint density at radius 3 is 2.58 bits per heavy atom. The number of phenols is 1. The predicted molar refractivity (Wildman–Crippen MR) is 121 cm³/mol. The topological polar surface area (TPSA) is 80.2 Å². The Balaban J connectivity index is 1.60. The van der Waals surface area contributed by atoms with E-state index in [-0.39, 0.29) is 18.1 Å². The second-order valence-electron chi connectivity index (χ2n) is 6.69. The van der Waals surface area contributed by atoms with Gasteiger partial charge in [0.2, 0.25) is 5.91 Å². The number of hydrogen-bond acceptors (Lipinski definition) is 5. The summed E-state index contributed by atoms with van der Waals surface area (Å²) in [5, 5.41) is 14.0. The number of nitrogens with one attached hydrogen (secondary N) is 1.